The molecule has 0 unspecified atom stereocenters. The molecule has 1 heterocycles. The van der Waals surface area contributed by atoms with E-state index in [-0.39, 0.29) is 23.9 Å². The maximum Gasteiger partial charge on any atom is 0.341 e. The minimum absolute atomic E-state index is 0.170. The van der Waals surface area contributed by atoms with E-state index in [2.05, 4.69) is 5.32 Å². The zero-order chi connectivity index (χ0) is 17.0. The number of amides is 1. The van der Waals surface area contributed by atoms with Crippen molar-refractivity contribution in [1.29, 1.82) is 0 Å². The van der Waals surface area contributed by atoms with Crippen LogP contribution in [0.25, 0.3) is 11.1 Å². The predicted octanol–water partition coefficient (Wildman–Crippen LogP) is 3.75. The highest BCUT2D eigenvalue weighted by molar-refractivity contribution is 7.19. The fourth-order valence-corrected chi connectivity index (χ4v) is 3.36. The molecule has 1 amide bonds. The molecule has 0 atom stereocenters. The van der Waals surface area contributed by atoms with Gasteiger partial charge in [-0.15, -0.1) is 11.3 Å². The Morgan fingerprint density at radius 3 is 2.30 bits per heavy atom. The minimum atomic E-state index is -0.557. The first-order valence-corrected chi connectivity index (χ1v) is 7.95. The van der Waals surface area contributed by atoms with Crippen molar-refractivity contribution in [3.63, 3.8) is 0 Å². The third-order valence-electron chi connectivity index (χ3n) is 3.06. The van der Waals surface area contributed by atoms with E-state index in [9.17, 15) is 14.4 Å². The van der Waals surface area contributed by atoms with Crippen LogP contribution in [0.4, 0.5) is 5.00 Å². The Bertz CT molecular complexity index is 749. The van der Waals surface area contributed by atoms with Crippen molar-refractivity contribution < 1.29 is 19.1 Å². The van der Waals surface area contributed by atoms with Crippen LogP contribution in [0.15, 0.2) is 30.3 Å². The third kappa shape index (κ3) is 3.65. The second-order valence-corrected chi connectivity index (χ2v) is 5.85. The standard InChI is InChI=1S/C17H17NO4S/c1-4-22-17(21)14-13(12-8-6-5-7-9-12)15(10(2)19)23-16(14)18-11(3)20/h5-9H,4H2,1-3H3,(H,18,20). The van der Waals surface area contributed by atoms with Gasteiger partial charge in [0.15, 0.2) is 5.78 Å². The molecule has 0 aliphatic heterocycles. The summed E-state index contributed by atoms with van der Waals surface area (Å²) < 4.78 is 5.11. The van der Waals surface area contributed by atoms with Crippen LogP contribution in [-0.4, -0.2) is 24.3 Å². The molecule has 1 aromatic heterocycles. The second-order valence-electron chi connectivity index (χ2n) is 4.83. The van der Waals surface area contributed by atoms with E-state index in [0.717, 1.165) is 16.9 Å². The molecule has 0 aliphatic carbocycles. The molecule has 0 bridgehead atoms. The highest BCUT2D eigenvalue weighted by atomic mass is 32.1. The molecule has 1 aromatic carbocycles. The van der Waals surface area contributed by atoms with Crippen molar-refractivity contribution in [3.8, 4) is 11.1 Å². The molecule has 0 fully saturated rings. The summed E-state index contributed by atoms with van der Waals surface area (Å²) in [6.07, 6.45) is 0. The van der Waals surface area contributed by atoms with Gasteiger partial charge in [0, 0.05) is 12.5 Å². The fourth-order valence-electron chi connectivity index (χ4n) is 2.21. The highest BCUT2D eigenvalue weighted by Gasteiger charge is 2.28. The first kappa shape index (κ1) is 16.9. The van der Waals surface area contributed by atoms with Gasteiger partial charge >= 0.3 is 5.97 Å². The zero-order valence-corrected chi connectivity index (χ0v) is 14.0. The summed E-state index contributed by atoms with van der Waals surface area (Å²) in [5.74, 6) is -1.04. The molecule has 1 N–H and O–H groups in total. The van der Waals surface area contributed by atoms with Crippen molar-refractivity contribution >= 4 is 34.0 Å². The lowest BCUT2D eigenvalue weighted by molar-refractivity contribution is -0.114. The lowest BCUT2D eigenvalue weighted by Crippen LogP contribution is -2.11. The van der Waals surface area contributed by atoms with Crippen LogP contribution in [0.2, 0.25) is 0 Å². The van der Waals surface area contributed by atoms with Crippen LogP contribution in [0.5, 0.6) is 0 Å². The molecule has 2 aromatic rings. The number of thiophene rings is 1. The topological polar surface area (TPSA) is 72.5 Å². The summed E-state index contributed by atoms with van der Waals surface area (Å²) in [4.78, 5) is 36.3. The van der Waals surface area contributed by atoms with Crippen LogP contribution < -0.4 is 5.32 Å². The molecule has 0 spiro atoms. The zero-order valence-electron chi connectivity index (χ0n) is 13.1. The van der Waals surface area contributed by atoms with Gasteiger partial charge in [-0.05, 0) is 19.4 Å². The minimum Gasteiger partial charge on any atom is -0.462 e. The number of anilines is 1. The van der Waals surface area contributed by atoms with Gasteiger partial charge in [0.25, 0.3) is 0 Å². The molecule has 5 nitrogen and oxygen atoms in total. The first-order valence-electron chi connectivity index (χ1n) is 7.13. The molecular weight excluding hydrogens is 314 g/mol. The lowest BCUT2D eigenvalue weighted by atomic mass is 10.00. The van der Waals surface area contributed by atoms with Gasteiger partial charge in [0.1, 0.15) is 10.6 Å². The van der Waals surface area contributed by atoms with Crippen molar-refractivity contribution in [2.75, 3.05) is 11.9 Å². The lowest BCUT2D eigenvalue weighted by Gasteiger charge is -2.08. The van der Waals surface area contributed by atoms with Gasteiger partial charge < -0.3 is 10.1 Å². The summed E-state index contributed by atoms with van der Waals surface area (Å²) in [6, 6.07) is 9.12. The Morgan fingerprint density at radius 1 is 1.13 bits per heavy atom. The van der Waals surface area contributed by atoms with Crippen LogP contribution in [0.3, 0.4) is 0 Å². The number of Topliss-reactive ketones (excluding diaryl/α,β-unsaturated/α-hetero) is 1. The molecular formula is C17H17NO4S. The average Bonchev–Trinajstić information content (AvgIpc) is 2.87. The number of ketones is 1. The SMILES string of the molecule is CCOC(=O)c1c(NC(C)=O)sc(C(C)=O)c1-c1ccccc1. The van der Waals surface area contributed by atoms with Crippen molar-refractivity contribution in [3.05, 3.63) is 40.8 Å². The van der Waals surface area contributed by atoms with Crippen LogP contribution in [0, 0.1) is 0 Å². The maximum absolute atomic E-state index is 12.4. The van der Waals surface area contributed by atoms with Crippen molar-refractivity contribution in [2.45, 2.75) is 20.8 Å². The number of benzene rings is 1. The highest BCUT2D eigenvalue weighted by Crippen LogP contribution is 2.41. The molecule has 0 aliphatic rings. The van der Waals surface area contributed by atoms with E-state index in [4.69, 9.17) is 4.74 Å². The number of hydrogen-bond donors (Lipinski definition) is 1. The number of ether oxygens (including phenoxy) is 1. The summed E-state index contributed by atoms with van der Waals surface area (Å²) in [5.41, 5.74) is 1.46. The normalized spacial score (nSPS) is 10.2. The Balaban J connectivity index is 2.74. The molecule has 23 heavy (non-hydrogen) atoms. The summed E-state index contributed by atoms with van der Waals surface area (Å²) in [5, 5.41) is 2.96. The Hall–Kier alpha value is -2.47. The third-order valence-corrected chi connectivity index (χ3v) is 4.27. The van der Waals surface area contributed by atoms with E-state index in [1.807, 2.05) is 30.3 Å². The van der Waals surface area contributed by atoms with Gasteiger partial charge in [-0.25, -0.2) is 4.79 Å². The van der Waals surface area contributed by atoms with E-state index in [0.29, 0.717) is 15.4 Å². The van der Waals surface area contributed by atoms with Crippen LogP contribution >= 0.6 is 11.3 Å². The first-order chi connectivity index (χ1) is 11.0. The molecule has 0 saturated heterocycles. The van der Waals surface area contributed by atoms with E-state index in [1.165, 1.54) is 13.8 Å². The number of carbonyl (C=O) groups excluding carboxylic acids is 3. The Kier molecular flexibility index (Phi) is 5.28. The van der Waals surface area contributed by atoms with E-state index in [1.54, 1.807) is 6.92 Å². The summed E-state index contributed by atoms with van der Waals surface area (Å²) in [6.45, 7) is 4.70. The molecule has 6 heteroatoms. The summed E-state index contributed by atoms with van der Waals surface area (Å²) in [7, 11) is 0. The maximum atomic E-state index is 12.4. The molecule has 0 saturated carbocycles. The number of hydrogen-bond acceptors (Lipinski definition) is 5. The largest absolute Gasteiger partial charge is 0.462 e. The van der Waals surface area contributed by atoms with Crippen molar-refractivity contribution in [1.82, 2.24) is 0 Å². The van der Waals surface area contributed by atoms with Crippen molar-refractivity contribution in [2.24, 2.45) is 0 Å². The average molecular weight is 331 g/mol. The second kappa shape index (κ2) is 7.19. The quantitative estimate of drug-likeness (QED) is 0.669. The Labute approximate surface area is 138 Å². The number of esters is 1. The predicted molar refractivity (Wildman–Crippen MR) is 90.0 cm³/mol. The van der Waals surface area contributed by atoms with Crippen LogP contribution in [-0.2, 0) is 9.53 Å². The van der Waals surface area contributed by atoms with Gasteiger partial charge in [-0.2, -0.15) is 0 Å². The van der Waals surface area contributed by atoms with Gasteiger partial charge in [0.2, 0.25) is 5.91 Å². The molecule has 2 rings (SSSR count). The summed E-state index contributed by atoms with van der Waals surface area (Å²) >= 11 is 1.09. The van der Waals surface area contributed by atoms with Gasteiger partial charge in [-0.3, -0.25) is 9.59 Å². The fraction of sp³-hybridized carbons (Fsp3) is 0.235. The number of carbonyl (C=O) groups is 3. The monoisotopic (exact) mass is 331 g/mol. The van der Waals surface area contributed by atoms with E-state index >= 15 is 0 Å². The Morgan fingerprint density at radius 2 is 1.78 bits per heavy atom. The molecule has 120 valence electrons. The molecule has 0 radical (unpaired) electrons. The van der Waals surface area contributed by atoms with Crippen LogP contribution in [0.1, 0.15) is 40.8 Å². The number of nitrogens with one attached hydrogen (secondary N) is 1. The number of rotatable bonds is 5. The van der Waals surface area contributed by atoms with E-state index < -0.39 is 5.97 Å². The van der Waals surface area contributed by atoms with Gasteiger partial charge in [0.05, 0.1) is 11.5 Å². The smallest absolute Gasteiger partial charge is 0.341 e. The van der Waals surface area contributed by atoms with Gasteiger partial charge in [-0.1, -0.05) is 30.3 Å².